The Balaban J connectivity index is 1.54. The van der Waals surface area contributed by atoms with Crippen LogP contribution in [0.15, 0.2) is 44.7 Å². The van der Waals surface area contributed by atoms with Crippen LogP contribution in [-0.2, 0) is 17.1 Å². The lowest BCUT2D eigenvalue weighted by Crippen LogP contribution is -2.31. The number of sulfonamides is 1. The number of hydrogen-bond acceptors (Lipinski definition) is 8. The van der Waals surface area contributed by atoms with Gasteiger partial charge in [0, 0.05) is 13.6 Å². The van der Waals surface area contributed by atoms with Crippen LogP contribution in [0.5, 0.6) is 11.8 Å². The molecule has 1 unspecified atom stereocenters. The molecule has 0 radical (unpaired) electrons. The summed E-state index contributed by atoms with van der Waals surface area (Å²) in [4.78, 5) is 19.8. The van der Waals surface area contributed by atoms with Crippen molar-refractivity contribution in [2.24, 2.45) is 7.05 Å². The van der Waals surface area contributed by atoms with E-state index in [1.54, 1.807) is 0 Å². The number of methoxy groups -OCH3 is 1. The highest BCUT2D eigenvalue weighted by Crippen LogP contribution is 2.26. The summed E-state index contributed by atoms with van der Waals surface area (Å²) in [5.41, 5.74) is 0.760. The molecule has 0 bridgehead atoms. The lowest BCUT2D eigenvalue weighted by molar-refractivity contribution is 0.203. The van der Waals surface area contributed by atoms with Crippen molar-refractivity contribution >= 4 is 21.1 Å². The minimum Gasteiger partial charge on any atom is -0.480 e. The van der Waals surface area contributed by atoms with E-state index in [0.717, 1.165) is 0 Å². The first-order valence-corrected chi connectivity index (χ1v) is 9.95. The summed E-state index contributed by atoms with van der Waals surface area (Å²) in [6.45, 7) is 0.496. The smallest absolute Gasteiger partial charge is 0.419 e. The highest BCUT2D eigenvalue weighted by molar-refractivity contribution is 7.89. The number of aryl methyl sites for hydroxylation is 1. The molecular formula is C17H18N4O6S. The summed E-state index contributed by atoms with van der Waals surface area (Å²) < 4.78 is 44.4. The Morgan fingerprint density at radius 3 is 2.82 bits per heavy atom. The third-order valence-electron chi connectivity index (χ3n) is 4.60. The number of aromatic nitrogens is 3. The molecule has 0 spiro atoms. The minimum absolute atomic E-state index is 0.0956. The highest BCUT2D eigenvalue weighted by atomic mass is 32.2. The molecule has 10 nitrogen and oxygen atoms in total. The second-order valence-corrected chi connectivity index (χ2v) is 8.29. The van der Waals surface area contributed by atoms with Crippen molar-refractivity contribution in [1.29, 1.82) is 0 Å². The third-order valence-corrected chi connectivity index (χ3v) is 6.46. The SMILES string of the molecule is COc1cncc(OC2CCN(S(=O)(=O)c3ccc4oc(=O)n(C)c4c3)C2)n1. The number of oxazole rings is 1. The first-order valence-electron chi connectivity index (χ1n) is 8.51. The number of benzene rings is 1. The van der Waals surface area contributed by atoms with Gasteiger partial charge in [-0.1, -0.05) is 0 Å². The van der Waals surface area contributed by atoms with E-state index < -0.39 is 15.8 Å². The van der Waals surface area contributed by atoms with E-state index >= 15 is 0 Å². The molecule has 1 aromatic carbocycles. The Kier molecular flexibility index (Phi) is 4.55. The fourth-order valence-corrected chi connectivity index (χ4v) is 4.59. The number of ether oxygens (including phenoxy) is 2. The fraction of sp³-hybridized carbons (Fsp3) is 0.353. The van der Waals surface area contributed by atoms with Gasteiger partial charge < -0.3 is 13.9 Å². The Bertz CT molecular complexity index is 1190. The standard InChI is InChI=1S/C17H18N4O6S/c1-20-13-7-12(3-4-14(13)27-17(20)22)28(23,24)21-6-5-11(10-21)26-16-9-18-8-15(19-16)25-2/h3-4,7-9,11H,5-6,10H2,1-2H3. The molecule has 1 fully saturated rings. The fourth-order valence-electron chi connectivity index (χ4n) is 3.09. The molecule has 11 heteroatoms. The summed E-state index contributed by atoms with van der Waals surface area (Å²) in [5, 5.41) is 0. The van der Waals surface area contributed by atoms with Gasteiger partial charge in [-0.25, -0.2) is 13.2 Å². The lowest BCUT2D eigenvalue weighted by Gasteiger charge is -2.17. The maximum atomic E-state index is 13.0. The minimum atomic E-state index is -3.74. The lowest BCUT2D eigenvalue weighted by atomic mass is 10.3. The Morgan fingerprint density at radius 1 is 1.25 bits per heavy atom. The van der Waals surface area contributed by atoms with Crippen LogP contribution in [0.1, 0.15) is 6.42 Å². The first-order chi connectivity index (χ1) is 13.4. The Hall–Kier alpha value is -2.92. The monoisotopic (exact) mass is 406 g/mol. The van der Waals surface area contributed by atoms with Crippen LogP contribution in [-0.4, -0.2) is 53.6 Å². The number of fused-ring (bicyclic) bond motifs is 1. The number of rotatable bonds is 5. The van der Waals surface area contributed by atoms with E-state index in [2.05, 4.69) is 9.97 Å². The number of hydrogen-bond donors (Lipinski definition) is 0. The van der Waals surface area contributed by atoms with E-state index in [9.17, 15) is 13.2 Å². The summed E-state index contributed by atoms with van der Waals surface area (Å²) in [5.74, 6) is 0.0519. The predicted octanol–water partition coefficient (Wildman–Crippen LogP) is 0.772. The zero-order valence-electron chi connectivity index (χ0n) is 15.2. The van der Waals surface area contributed by atoms with Gasteiger partial charge in [-0.15, -0.1) is 0 Å². The molecule has 28 heavy (non-hydrogen) atoms. The van der Waals surface area contributed by atoms with E-state index in [0.29, 0.717) is 29.9 Å². The van der Waals surface area contributed by atoms with E-state index in [1.165, 1.54) is 53.6 Å². The largest absolute Gasteiger partial charge is 0.480 e. The molecule has 148 valence electrons. The molecule has 4 rings (SSSR count). The van der Waals surface area contributed by atoms with Gasteiger partial charge in [-0.05, 0) is 24.6 Å². The molecule has 3 heterocycles. The maximum Gasteiger partial charge on any atom is 0.419 e. The maximum absolute atomic E-state index is 13.0. The average Bonchev–Trinajstić information content (AvgIpc) is 3.27. The Labute approximate surface area is 160 Å². The second kappa shape index (κ2) is 6.91. The van der Waals surface area contributed by atoms with Crippen LogP contribution < -0.4 is 15.2 Å². The van der Waals surface area contributed by atoms with Crippen molar-refractivity contribution in [3.8, 4) is 11.8 Å². The van der Waals surface area contributed by atoms with Crippen LogP contribution in [0.2, 0.25) is 0 Å². The molecule has 1 aliphatic rings. The van der Waals surface area contributed by atoms with E-state index in [-0.39, 0.29) is 23.4 Å². The molecule has 1 aliphatic heterocycles. The zero-order chi connectivity index (χ0) is 19.9. The first kappa shape index (κ1) is 18.4. The molecule has 0 N–H and O–H groups in total. The van der Waals surface area contributed by atoms with Gasteiger partial charge in [0.2, 0.25) is 21.8 Å². The van der Waals surface area contributed by atoms with Crippen molar-refractivity contribution in [3.05, 3.63) is 41.1 Å². The van der Waals surface area contributed by atoms with Gasteiger partial charge in [-0.2, -0.15) is 9.29 Å². The zero-order valence-corrected chi connectivity index (χ0v) is 16.0. The van der Waals surface area contributed by atoms with Gasteiger partial charge in [0.1, 0.15) is 6.10 Å². The number of nitrogens with zero attached hydrogens (tertiary/aromatic N) is 4. The van der Waals surface area contributed by atoms with Crippen LogP contribution >= 0.6 is 0 Å². The van der Waals surface area contributed by atoms with Crippen molar-refractivity contribution < 1.29 is 22.3 Å². The van der Waals surface area contributed by atoms with Gasteiger partial charge >= 0.3 is 5.76 Å². The molecular weight excluding hydrogens is 388 g/mol. The van der Waals surface area contributed by atoms with Gasteiger partial charge in [0.05, 0.1) is 36.5 Å². The van der Waals surface area contributed by atoms with Gasteiger partial charge in [0.15, 0.2) is 5.58 Å². The average molecular weight is 406 g/mol. The van der Waals surface area contributed by atoms with E-state index in [4.69, 9.17) is 13.9 Å². The molecule has 0 aliphatic carbocycles. The van der Waals surface area contributed by atoms with Crippen LogP contribution in [0.3, 0.4) is 0 Å². The molecule has 2 aromatic heterocycles. The summed E-state index contributed by atoms with van der Waals surface area (Å²) >= 11 is 0. The second-order valence-electron chi connectivity index (χ2n) is 6.35. The third kappa shape index (κ3) is 3.22. The summed E-state index contributed by atoms with van der Waals surface area (Å²) in [6, 6.07) is 4.36. The molecule has 1 saturated heterocycles. The molecule has 1 atom stereocenters. The molecule has 0 saturated carbocycles. The molecule has 3 aromatic rings. The van der Waals surface area contributed by atoms with Crippen LogP contribution in [0, 0.1) is 0 Å². The summed E-state index contributed by atoms with van der Waals surface area (Å²) in [6.07, 6.45) is 3.08. The quantitative estimate of drug-likeness (QED) is 0.610. The Morgan fingerprint density at radius 2 is 2.04 bits per heavy atom. The highest BCUT2D eigenvalue weighted by Gasteiger charge is 2.34. The topological polar surface area (TPSA) is 117 Å². The van der Waals surface area contributed by atoms with Gasteiger partial charge in [-0.3, -0.25) is 9.55 Å². The normalized spacial score (nSPS) is 17.9. The van der Waals surface area contributed by atoms with E-state index in [1.807, 2.05) is 0 Å². The van der Waals surface area contributed by atoms with Crippen molar-refractivity contribution in [3.63, 3.8) is 0 Å². The van der Waals surface area contributed by atoms with Gasteiger partial charge in [0.25, 0.3) is 0 Å². The van der Waals surface area contributed by atoms with Crippen LogP contribution in [0.4, 0.5) is 0 Å². The van der Waals surface area contributed by atoms with Crippen molar-refractivity contribution in [1.82, 2.24) is 18.8 Å². The summed E-state index contributed by atoms with van der Waals surface area (Å²) in [7, 11) is -0.736. The van der Waals surface area contributed by atoms with Crippen LogP contribution in [0.25, 0.3) is 11.1 Å². The van der Waals surface area contributed by atoms with Crippen molar-refractivity contribution in [2.75, 3.05) is 20.2 Å². The van der Waals surface area contributed by atoms with Crippen molar-refractivity contribution in [2.45, 2.75) is 17.4 Å². The predicted molar refractivity (Wildman–Crippen MR) is 97.8 cm³/mol. The molecule has 0 amide bonds.